The molecule has 1 aliphatic heterocycles. The van der Waals surface area contributed by atoms with Gasteiger partial charge in [-0.05, 0) is 36.6 Å². The molecule has 1 aromatic heterocycles. The SMILES string of the molecule is COc1ccccc1Cc1cccc([C@@H]2CCCN2C(=O)Cc2ccccc2)n1. The third-order valence-electron chi connectivity index (χ3n) is 5.51. The fourth-order valence-corrected chi connectivity index (χ4v) is 4.07. The lowest BCUT2D eigenvalue weighted by Crippen LogP contribution is -2.32. The molecule has 0 bridgehead atoms. The summed E-state index contributed by atoms with van der Waals surface area (Å²) in [6.45, 7) is 0.800. The summed E-state index contributed by atoms with van der Waals surface area (Å²) in [5.74, 6) is 1.05. The Hall–Kier alpha value is -3.14. The van der Waals surface area contributed by atoms with Crippen molar-refractivity contribution in [1.82, 2.24) is 9.88 Å². The summed E-state index contributed by atoms with van der Waals surface area (Å²) in [7, 11) is 1.69. The lowest BCUT2D eigenvalue weighted by molar-refractivity contribution is -0.131. The summed E-state index contributed by atoms with van der Waals surface area (Å²) in [6, 6.07) is 24.2. The van der Waals surface area contributed by atoms with Crippen LogP contribution in [0.3, 0.4) is 0 Å². The number of carbonyl (C=O) groups excluding carboxylic acids is 1. The first-order valence-corrected chi connectivity index (χ1v) is 10.2. The molecule has 0 radical (unpaired) electrons. The molecule has 4 heteroatoms. The van der Waals surface area contributed by atoms with Crippen LogP contribution in [0.2, 0.25) is 0 Å². The first-order chi connectivity index (χ1) is 14.2. The van der Waals surface area contributed by atoms with E-state index in [0.717, 1.165) is 47.7 Å². The highest BCUT2D eigenvalue weighted by molar-refractivity contribution is 5.79. The average molecular weight is 386 g/mol. The van der Waals surface area contributed by atoms with Gasteiger partial charge in [0.1, 0.15) is 5.75 Å². The minimum absolute atomic E-state index is 0.0591. The predicted molar refractivity (Wildman–Crippen MR) is 114 cm³/mol. The van der Waals surface area contributed by atoms with E-state index in [4.69, 9.17) is 9.72 Å². The number of hydrogen-bond acceptors (Lipinski definition) is 3. The van der Waals surface area contributed by atoms with Crippen molar-refractivity contribution >= 4 is 5.91 Å². The number of rotatable bonds is 6. The van der Waals surface area contributed by atoms with Gasteiger partial charge in [-0.25, -0.2) is 0 Å². The van der Waals surface area contributed by atoms with Crippen LogP contribution in [0.1, 0.15) is 41.4 Å². The summed E-state index contributed by atoms with van der Waals surface area (Å²) >= 11 is 0. The lowest BCUT2D eigenvalue weighted by atomic mass is 10.1. The van der Waals surface area contributed by atoms with E-state index in [9.17, 15) is 4.79 Å². The largest absolute Gasteiger partial charge is 0.496 e. The van der Waals surface area contributed by atoms with Crippen LogP contribution in [-0.4, -0.2) is 29.4 Å². The average Bonchev–Trinajstić information content (AvgIpc) is 3.25. The van der Waals surface area contributed by atoms with Gasteiger partial charge >= 0.3 is 0 Å². The van der Waals surface area contributed by atoms with Crippen LogP contribution < -0.4 is 4.74 Å². The summed E-state index contributed by atoms with van der Waals surface area (Å²) in [4.78, 5) is 19.9. The Morgan fingerprint density at radius 2 is 1.83 bits per heavy atom. The highest BCUT2D eigenvalue weighted by Gasteiger charge is 2.30. The molecular formula is C25H26N2O2. The van der Waals surface area contributed by atoms with Gasteiger partial charge < -0.3 is 9.64 Å². The van der Waals surface area contributed by atoms with E-state index in [1.165, 1.54) is 0 Å². The van der Waals surface area contributed by atoms with E-state index in [1.807, 2.05) is 71.6 Å². The molecule has 1 fully saturated rings. The van der Waals surface area contributed by atoms with Crippen LogP contribution in [0.25, 0.3) is 0 Å². The molecule has 2 aromatic carbocycles. The van der Waals surface area contributed by atoms with E-state index in [-0.39, 0.29) is 11.9 Å². The van der Waals surface area contributed by atoms with Crippen LogP contribution in [-0.2, 0) is 17.6 Å². The monoisotopic (exact) mass is 386 g/mol. The maximum atomic E-state index is 12.9. The zero-order chi connectivity index (χ0) is 20.1. The second-order valence-electron chi connectivity index (χ2n) is 7.45. The van der Waals surface area contributed by atoms with Gasteiger partial charge in [-0.2, -0.15) is 0 Å². The maximum Gasteiger partial charge on any atom is 0.227 e. The van der Waals surface area contributed by atoms with Crippen LogP contribution in [0, 0.1) is 0 Å². The number of carbonyl (C=O) groups is 1. The second-order valence-corrected chi connectivity index (χ2v) is 7.45. The van der Waals surface area contributed by atoms with Crippen LogP contribution in [0.15, 0.2) is 72.8 Å². The molecule has 0 N–H and O–H groups in total. The minimum Gasteiger partial charge on any atom is -0.496 e. The Bertz CT molecular complexity index is 971. The number of nitrogens with zero attached hydrogens (tertiary/aromatic N) is 2. The van der Waals surface area contributed by atoms with Gasteiger partial charge in [0, 0.05) is 24.2 Å². The zero-order valence-electron chi connectivity index (χ0n) is 16.8. The lowest BCUT2D eigenvalue weighted by Gasteiger charge is -2.25. The smallest absolute Gasteiger partial charge is 0.227 e. The Kier molecular flexibility index (Phi) is 5.89. The van der Waals surface area contributed by atoms with Crippen molar-refractivity contribution in [1.29, 1.82) is 0 Å². The van der Waals surface area contributed by atoms with Crippen molar-refractivity contribution in [2.45, 2.75) is 31.7 Å². The molecule has 1 amide bonds. The van der Waals surface area contributed by atoms with Gasteiger partial charge in [-0.3, -0.25) is 9.78 Å². The topological polar surface area (TPSA) is 42.4 Å². The molecule has 1 aliphatic rings. The van der Waals surface area contributed by atoms with Crippen LogP contribution in [0.5, 0.6) is 5.75 Å². The molecule has 29 heavy (non-hydrogen) atoms. The summed E-state index contributed by atoms with van der Waals surface area (Å²) in [6.07, 6.45) is 3.13. The van der Waals surface area contributed by atoms with E-state index >= 15 is 0 Å². The molecular weight excluding hydrogens is 360 g/mol. The molecule has 1 saturated heterocycles. The first kappa shape index (κ1) is 19.2. The molecule has 1 atom stereocenters. The van der Waals surface area contributed by atoms with E-state index in [2.05, 4.69) is 6.07 Å². The van der Waals surface area contributed by atoms with Crippen molar-refractivity contribution in [2.75, 3.05) is 13.7 Å². The second kappa shape index (κ2) is 8.91. The maximum absolute atomic E-state index is 12.9. The minimum atomic E-state index is 0.0591. The van der Waals surface area contributed by atoms with Crippen molar-refractivity contribution in [3.8, 4) is 5.75 Å². The fourth-order valence-electron chi connectivity index (χ4n) is 4.07. The van der Waals surface area contributed by atoms with Gasteiger partial charge in [0.25, 0.3) is 0 Å². The molecule has 0 saturated carbocycles. The normalized spacial score (nSPS) is 16.0. The van der Waals surface area contributed by atoms with Crippen molar-refractivity contribution < 1.29 is 9.53 Å². The molecule has 148 valence electrons. The van der Waals surface area contributed by atoms with Gasteiger partial charge in [0.05, 0.1) is 25.3 Å². The standard InChI is InChI=1S/C25H26N2O2/c1-29-24-15-6-5-11-20(24)18-21-12-7-13-22(26-21)23-14-8-16-27(23)25(28)17-19-9-3-2-4-10-19/h2-7,9-13,15,23H,8,14,16-18H2,1H3/t23-/m0/s1. The Labute approximate surface area is 172 Å². The zero-order valence-corrected chi connectivity index (χ0v) is 16.8. The number of likely N-dealkylation sites (tertiary alicyclic amines) is 1. The summed E-state index contributed by atoms with van der Waals surface area (Å²) < 4.78 is 5.47. The molecule has 0 spiro atoms. The molecule has 2 heterocycles. The third-order valence-corrected chi connectivity index (χ3v) is 5.51. The highest BCUT2D eigenvalue weighted by atomic mass is 16.5. The van der Waals surface area contributed by atoms with Gasteiger partial charge in [-0.15, -0.1) is 0 Å². The van der Waals surface area contributed by atoms with Crippen molar-refractivity contribution in [3.63, 3.8) is 0 Å². The van der Waals surface area contributed by atoms with Gasteiger partial charge in [0.2, 0.25) is 5.91 Å². The fraction of sp³-hybridized carbons (Fsp3) is 0.280. The summed E-state index contributed by atoms with van der Waals surface area (Å²) in [5.41, 5.74) is 4.15. The summed E-state index contributed by atoms with van der Waals surface area (Å²) in [5, 5.41) is 0. The molecule has 3 aromatic rings. The van der Waals surface area contributed by atoms with Gasteiger partial charge in [0.15, 0.2) is 0 Å². The number of para-hydroxylation sites is 1. The number of aromatic nitrogens is 1. The van der Waals surface area contributed by atoms with Crippen molar-refractivity contribution in [2.24, 2.45) is 0 Å². The highest BCUT2D eigenvalue weighted by Crippen LogP contribution is 2.32. The number of hydrogen-bond donors (Lipinski definition) is 0. The number of ether oxygens (including phenoxy) is 1. The third kappa shape index (κ3) is 4.48. The van der Waals surface area contributed by atoms with Gasteiger partial charge in [-0.1, -0.05) is 54.6 Å². The van der Waals surface area contributed by atoms with Crippen LogP contribution in [0.4, 0.5) is 0 Å². The molecule has 0 aliphatic carbocycles. The first-order valence-electron chi connectivity index (χ1n) is 10.2. The predicted octanol–water partition coefficient (Wildman–Crippen LogP) is 4.59. The number of amides is 1. The Balaban J connectivity index is 1.51. The number of pyridine rings is 1. The quantitative estimate of drug-likeness (QED) is 0.622. The van der Waals surface area contributed by atoms with Crippen molar-refractivity contribution in [3.05, 3.63) is 95.3 Å². The number of methoxy groups -OCH3 is 1. The molecule has 4 nitrogen and oxygen atoms in total. The number of benzene rings is 2. The molecule has 4 rings (SSSR count). The Morgan fingerprint density at radius 3 is 2.66 bits per heavy atom. The Morgan fingerprint density at radius 1 is 1.03 bits per heavy atom. The molecule has 0 unspecified atom stereocenters. The van der Waals surface area contributed by atoms with E-state index in [1.54, 1.807) is 7.11 Å². The van der Waals surface area contributed by atoms with E-state index in [0.29, 0.717) is 12.8 Å². The van der Waals surface area contributed by atoms with E-state index < -0.39 is 0 Å². The van der Waals surface area contributed by atoms with Crippen LogP contribution >= 0.6 is 0 Å².